The zero-order chi connectivity index (χ0) is 15.4. The molecule has 3 nitrogen and oxygen atoms in total. The van der Waals surface area contributed by atoms with Gasteiger partial charge in [-0.25, -0.2) is 4.39 Å². The van der Waals surface area contributed by atoms with Crippen molar-refractivity contribution in [3.63, 3.8) is 0 Å². The van der Waals surface area contributed by atoms with Gasteiger partial charge in [-0.3, -0.25) is 4.79 Å². The van der Waals surface area contributed by atoms with Crippen LogP contribution in [0.15, 0.2) is 42.5 Å². The Morgan fingerprint density at radius 3 is 2.67 bits per heavy atom. The van der Waals surface area contributed by atoms with E-state index in [9.17, 15) is 9.18 Å². The van der Waals surface area contributed by atoms with E-state index in [-0.39, 0.29) is 5.82 Å². The lowest BCUT2D eigenvalue weighted by Gasteiger charge is -2.11. The Morgan fingerprint density at radius 2 is 2.00 bits per heavy atom. The van der Waals surface area contributed by atoms with E-state index in [1.165, 1.54) is 19.2 Å². The number of hydrogen-bond acceptors (Lipinski definition) is 2. The van der Waals surface area contributed by atoms with Gasteiger partial charge < -0.3 is 10.1 Å². The van der Waals surface area contributed by atoms with Crippen LogP contribution < -0.4 is 10.1 Å². The molecule has 0 heterocycles. The molecule has 0 bridgehead atoms. The number of hydrogen-bond donors (Lipinski definition) is 1. The monoisotopic (exact) mass is 327 g/mol. The lowest BCUT2D eigenvalue weighted by Crippen LogP contribution is -2.18. The topological polar surface area (TPSA) is 38.3 Å². The summed E-state index contributed by atoms with van der Waals surface area (Å²) in [5.41, 5.74) is 1.79. The summed E-state index contributed by atoms with van der Waals surface area (Å²) in [7, 11) is 1.51. The molecule has 21 heavy (non-hydrogen) atoms. The van der Waals surface area contributed by atoms with Crippen molar-refractivity contribution in [1.29, 1.82) is 0 Å². The minimum Gasteiger partial charge on any atom is -0.496 e. The van der Waals surface area contributed by atoms with Crippen molar-refractivity contribution in [2.45, 2.75) is 4.84 Å². The Kier molecular flexibility index (Phi) is 5.04. The van der Waals surface area contributed by atoms with E-state index in [4.69, 9.17) is 27.9 Å². The van der Waals surface area contributed by atoms with E-state index in [1.54, 1.807) is 30.3 Å². The van der Waals surface area contributed by atoms with E-state index < -0.39 is 10.7 Å². The van der Waals surface area contributed by atoms with Gasteiger partial charge in [0.1, 0.15) is 11.6 Å². The molecular weight excluding hydrogens is 316 g/mol. The zero-order valence-electron chi connectivity index (χ0n) is 11.1. The standard InChI is InChI=1S/C15H12Cl2FNO2/c1-21-13-6-5-10(18)8-12(13)9-3-2-4-11(7-9)19-15(20)14(16)17/h2-8,14H,1H3,(H,19,20). The fourth-order valence-corrected chi connectivity index (χ4v) is 1.98. The molecule has 0 fully saturated rings. The Labute approximate surface area is 131 Å². The van der Waals surface area contributed by atoms with Gasteiger partial charge in [-0.2, -0.15) is 0 Å². The maximum Gasteiger partial charge on any atom is 0.257 e. The van der Waals surface area contributed by atoms with Gasteiger partial charge in [0.15, 0.2) is 4.84 Å². The third-order valence-corrected chi connectivity index (χ3v) is 3.20. The van der Waals surface area contributed by atoms with Gasteiger partial charge in [-0.1, -0.05) is 35.3 Å². The number of carbonyl (C=O) groups excluding carboxylic acids is 1. The fraction of sp³-hybridized carbons (Fsp3) is 0.133. The Bertz CT molecular complexity index is 662. The summed E-state index contributed by atoms with van der Waals surface area (Å²) in [5, 5.41) is 2.57. The number of ether oxygens (including phenoxy) is 1. The van der Waals surface area contributed by atoms with Crippen LogP contribution in [0.5, 0.6) is 5.75 Å². The molecule has 0 aliphatic rings. The number of nitrogens with one attached hydrogen (secondary N) is 1. The Hall–Kier alpha value is -1.78. The molecule has 0 atom stereocenters. The molecule has 110 valence electrons. The third-order valence-electron chi connectivity index (χ3n) is 2.80. The van der Waals surface area contributed by atoms with Gasteiger partial charge in [0.2, 0.25) is 0 Å². The summed E-state index contributed by atoms with van der Waals surface area (Å²) < 4.78 is 18.6. The van der Waals surface area contributed by atoms with Crippen LogP contribution in [0.25, 0.3) is 11.1 Å². The molecule has 0 radical (unpaired) electrons. The summed E-state index contributed by atoms with van der Waals surface area (Å²) in [5.74, 6) is -0.365. The molecule has 1 N–H and O–H groups in total. The molecule has 0 unspecified atom stereocenters. The van der Waals surface area contributed by atoms with Crippen molar-refractivity contribution >= 4 is 34.8 Å². The normalized spacial score (nSPS) is 10.5. The maximum absolute atomic E-state index is 13.4. The number of anilines is 1. The highest BCUT2D eigenvalue weighted by Crippen LogP contribution is 2.32. The SMILES string of the molecule is COc1ccc(F)cc1-c1cccc(NC(=O)C(Cl)Cl)c1. The first-order valence-electron chi connectivity index (χ1n) is 6.04. The van der Waals surface area contributed by atoms with Crippen LogP contribution in [-0.4, -0.2) is 17.9 Å². The van der Waals surface area contributed by atoms with Gasteiger partial charge in [0.25, 0.3) is 5.91 Å². The van der Waals surface area contributed by atoms with Crippen molar-refractivity contribution in [1.82, 2.24) is 0 Å². The fourth-order valence-electron chi connectivity index (χ4n) is 1.87. The van der Waals surface area contributed by atoms with Crippen LogP contribution in [0.2, 0.25) is 0 Å². The van der Waals surface area contributed by atoms with Crippen molar-refractivity contribution < 1.29 is 13.9 Å². The molecule has 0 saturated heterocycles. The first kappa shape index (κ1) is 15.6. The lowest BCUT2D eigenvalue weighted by molar-refractivity contribution is -0.114. The van der Waals surface area contributed by atoms with Gasteiger partial charge in [-0.05, 0) is 35.9 Å². The molecule has 2 aromatic rings. The molecule has 1 amide bonds. The summed E-state index contributed by atoms with van der Waals surface area (Å²) in [6, 6.07) is 11.1. The van der Waals surface area contributed by atoms with E-state index in [2.05, 4.69) is 5.32 Å². The summed E-state index contributed by atoms with van der Waals surface area (Å²) in [6.45, 7) is 0. The number of amides is 1. The predicted molar refractivity (Wildman–Crippen MR) is 82.5 cm³/mol. The highest BCUT2D eigenvalue weighted by Gasteiger charge is 2.13. The van der Waals surface area contributed by atoms with E-state index in [1.807, 2.05) is 0 Å². The van der Waals surface area contributed by atoms with Crippen LogP contribution in [0, 0.1) is 5.82 Å². The second-order valence-electron chi connectivity index (χ2n) is 4.22. The number of methoxy groups -OCH3 is 1. The largest absolute Gasteiger partial charge is 0.496 e. The molecular formula is C15H12Cl2FNO2. The number of halogens is 3. The van der Waals surface area contributed by atoms with Crippen molar-refractivity contribution in [3.05, 3.63) is 48.3 Å². The van der Waals surface area contributed by atoms with Crippen LogP contribution in [0.1, 0.15) is 0 Å². The minimum absolute atomic E-state index is 0.373. The molecule has 6 heteroatoms. The zero-order valence-corrected chi connectivity index (χ0v) is 12.6. The van der Waals surface area contributed by atoms with Crippen LogP contribution in [-0.2, 0) is 4.79 Å². The van der Waals surface area contributed by atoms with Gasteiger partial charge in [0.05, 0.1) is 7.11 Å². The predicted octanol–water partition coefficient (Wildman–Crippen LogP) is 4.24. The van der Waals surface area contributed by atoms with Crippen molar-refractivity contribution in [3.8, 4) is 16.9 Å². The summed E-state index contributed by atoms with van der Waals surface area (Å²) >= 11 is 11.0. The molecule has 0 aliphatic carbocycles. The molecule has 0 aromatic heterocycles. The summed E-state index contributed by atoms with van der Waals surface area (Å²) in [4.78, 5) is 10.3. The Morgan fingerprint density at radius 1 is 1.24 bits per heavy atom. The summed E-state index contributed by atoms with van der Waals surface area (Å²) in [6.07, 6.45) is 0. The van der Waals surface area contributed by atoms with Gasteiger partial charge in [0, 0.05) is 11.3 Å². The average molecular weight is 328 g/mol. The molecule has 0 spiro atoms. The minimum atomic E-state index is -1.16. The highest BCUT2D eigenvalue weighted by molar-refractivity contribution is 6.54. The van der Waals surface area contributed by atoms with Crippen molar-refractivity contribution in [2.24, 2.45) is 0 Å². The second-order valence-corrected chi connectivity index (χ2v) is 5.31. The van der Waals surface area contributed by atoms with Crippen LogP contribution in [0.3, 0.4) is 0 Å². The molecule has 2 rings (SSSR count). The molecule has 0 aliphatic heterocycles. The first-order chi connectivity index (χ1) is 10.0. The van der Waals surface area contributed by atoms with Crippen LogP contribution in [0.4, 0.5) is 10.1 Å². The van der Waals surface area contributed by atoms with Gasteiger partial charge in [-0.15, -0.1) is 0 Å². The number of carbonyl (C=O) groups is 1. The lowest BCUT2D eigenvalue weighted by atomic mass is 10.0. The van der Waals surface area contributed by atoms with E-state index in [0.29, 0.717) is 22.6 Å². The molecule has 2 aromatic carbocycles. The van der Waals surface area contributed by atoms with Gasteiger partial charge >= 0.3 is 0 Å². The molecule has 0 saturated carbocycles. The highest BCUT2D eigenvalue weighted by atomic mass is 35.5. The second kappa shape index (κ2) is 6.78. The average Bonchev–Trinajstić information content (AvgIpc) is 2.47. The van der Waals surface area contributed by atoms with Crippen molar-refractivity contribution in [2.75, 3.05) is 12.4 Å². The maximum atomic E-state index is 13.4. The quantitative estimate of drug-likeness (QED) is 0.853. The smallest absolute Gasteiger partial charge is 0.257 e. The number of alkyl halides is 2. The van der Waals surface area contributed by atoms with E-state index in [0.717, 1.165) is 0 Å². The third kappa shape index (κ3) is 3.86. The van der Waals surface area contributed by atoms with E-state index >= 15 is 0 Å². The van der Waals surface area contributed by atoms with Crippen LogP contribution >= 0.6 is 23.2 Å². The number of benzene rings is 2. The first-order valence-corrected chi connectivity index (χ1v) is 6.91. The number of rotatable bonds is 4. The Balaban J connectivity index is 2.37.